The van der Waals surface area contributed by atoms with Gasteiger partial charge in [-0.05, 0) is 31.9 Å². The van der Waals surface area contributed by atoms with Crippen LogP contribution in [0, 0.1) is 11.8 Å². The number of nitrogens with zero attached hydrogens (tertiary/aromatic N) is 4. The van der Waals surface area contributed by atoms with E-state index in [-0.39, 0.29) is 11.6 Å². The number of aromatic nitrogens is 4. The number of nitrogen functional groups attached to an aromatic ring is 1. The monoisotopic (exact) mass is 297 g/mol. The average Bonchev–Trinajstić information content (AvgIpc) is 3.05. The van der Waals surface area contributed by atoms with Gasteiger partial charge < -0.3 is 19.8 Å². The lowest BCUT2D eigenvalue weighted by atomic mass is 10.1. The number of imidazole rings is 1. The fourth-order valence-electron chi connectivity index (χ4n) is 1.97. The number of furan rings is 1. The van der Waals surface area contributed by atoms with Crippen molar-refractivity contribution in [3.8, 4) is 23.4 Å². The third-order valence-corrected chi connectivity index (χ3v) is 2.97. The lowest BCUT2D eigenvalue weighted by Crippen LogP contribution is -2.14. The molecule has 3 aromatic rings. The normalized spacial score (nSPS) is 11.5. The second-order valence-electron chi connectivity index (χ2n) is 5.39. The Hall–Kier alpha value is -2.85. The van der Waals surface area contributed by atoms with Gasteiger partial charge in [0.1, 0.15) is 5.60 Å². The summed E-state index contributed by atoms with van der Waals surface area (Å²) >= 11 is 0. The summed E-state index contributed by atoms with van der Waals surface area (Å²) in [5.41, 5.74) is 5.86. The van der Waals surface area contributed by atoms with E-state index in [1.807, 2.05) is 7.05 Å². The second-order valence-corrected chi connectivity index (χ2v) is 5.39. The lowest BCUT2D eigenvalue weighted by Gasteiger charge is -2.05. The molecule has 0 saturated carbocycles. The van der Waals surface area contributed by atoms with E-state index < -0.39 is 5.60 Å². The van der Waals surface area contributed by atoms with Gasteiger partial charge in [0.15, 0.2) is 28.6 Å². The molecule has 22 heavy (non-hydrogen) atoms. The fraction of sp³-hybridized carbons (Fsp3) is 0.267. The van der Waals surface area contributed by atoms with Crippen LogP contribution >= 0.6 is 0 Å². The maximum Gasteiger partial charge on any atom is 0.209 e. The van der Waals surface area contributed by atoms with Crippen molar-refractivity contribution in [2.75, 3.05) is 5.73 Å². The predicted molar refractivity (Wildman–Crippen MR) is 81.6 cm³/mol. The smallest absolute Gasteiger partial charge is 0.209 e. The van der Waals surface area contributed by atoms with E-state index in [4.69, 9.17) is 10.2 Å². The molecular weight excluding hydrogens is 282 g/mol. The molecule has 0 bridgehead atoms. The van der Waals surface area contributed by atoms with Crippen molar-refractivity contribution in [1.29, 1.82) is 0 Å². The minimum atomic E-state index is -1.13. The molecule has 0 saturated heterocycles. The first-order valence-corrected chi connectivity index (χ1v) is 6.64. The Labute approximate surface area is 126 Å². The molecule has 0 atom stereocenters. The minimum Gasteiger partial charge on any atom is -0.461 e. The molecule has 0 spiro atoms. The van der Waals surface area contributed by atoms with E-state index >= 15 is 0 Å². The highest BCUT2D eigenvalue weighted by atomic mass is 16.3. The van der Waals surface area contributed by atoms with Crippen LogP contribution in [0.3, 0.4) is 0 Å². The zero-order valence-corrected chi connectivity index (χ0v) is 12.5. The number of fused-ring (bicyclic) bond motifs is 1. The van der Waals surface area contributed by atoms with Crippen LogP contribution in [-0.2, 0) is 7.05 Å². The summed E-state index contributed by atoms with van der Waals surface area (Å²) in [4.78, 5) is 12.9. The third kappa shape index (κ3) is 2.52. The zero-order chi connectivity index (χ0) is 15.9. The van der Waals surface area contributed by atoms with Gasteiger partial charge >= 0.3 is 0 Å². The first-order valence-electron chi connectivity index (χ1n) is 6.64. The molecule has 3 rings (SSSR count). The standard InChI is InChI=1S/C15H15N5O2/c1-15(2,21)7-6-10-17-12(16)11-14(18-10)20(3)13(19-11)9-5-4-8-22-9/h4-5,8,21H,1-3H3,(H2,16,17,18). The summed E-state index contributed by atoms with van der Waals surface area (Å²) in [6.07, 6.45) is 1.57. The van der Waals surface area contributed by atoms with Crippen LogP contribution in [-0.4, -0.2) is 30.2 Å². The Morgan fingerprint density at radius 2 is 2.09 bits per heavy atom. The number of nitrogens with two attached hydrogens (primary N) is 1. The first kappa shape index (κ1) is 14.1. The first-order chi connectivity index (χ1) is 10.3. The molecule has 7 heteroatoms. The third-order valence-electron chi connectivity index (χ3n) is 2.97. The van der Waals surface area contributed by atoms with Gasteiger partial charge in [0.05, 0.1) is 6.26 Å². The predicted octanol–water partition coefficient (Wildman–Crippen LogP) is 1.33. The number of anilines is 1. The summed E-state index contributed by atoms with van der Waals surface area (Å²) in [6.45, 7) is 3.17. The van der Waals surface area contributed by atoms with E-state index in [0.717, 1.165) is 0 Å². The van der Waals surface area contributed by atoms with Crippen molar-refractivity contribution in [1.82, 2.24) is 19.5 Å². The van der Waals surface area contributed by atoms with Crippen LogP contribution in [0.25, 0.3) is 22.7 Å². The van der Waals surface area contributed by atoms with Gasteiger partial charge in [-0.1, -0.05) is 5.92 Å². The van der Waals surface area contributed by atoms with Crippen LogP contribution in [0.2, 0.25) is 0 Å². The Bertz CT molecular complexity index is 892. The summed E-state index contributed by atoms with van der Waals surface area (Å²) < 4.78 is 7.12. The highest BCUT2D eigenvalue weighted by Crippen LogP contribution is 2.25. The maximum absolute atomic E-state index is 9.65. The van der Waals surface area contributed by atoms with E-state index in [1.54, 1.807) is 36.8 Å². The van der Waals surface area contributed by atoms with Crippen LogP contribution < -0.4 is 5.73 Å². The molecule has 3 N–H and O–H groups in total. The molecule has 7 nitrogen and oxygen atoms in total. The molecule has 3 heterocycles. The van der Waals surface area contributed by atoms with Crippen LogP contribution in [0.4, 0.5) is 5.82 Å². The number of aliphatic hydroxyl groups is 1. The van der Waals surface area contributed by atoms with Crippen molar-refractivity contribution in [2.24, 2.45) is 7.05 Å². The number of hydrogen-bond acceptors (Lipinski definition) is 6. The number of aryl methyl sites for hydroxylation is 1. The van der Waals surface area contributed by atoms with E-state index in [9.17, 15) is 5.11 Å². The highest BCUT2D eigenvalue weighted by Gasteiger charge is 2.17. The Morgan fingerprint density at radius 3 is 2.73 bits per heavy atom. The van der Waals surface area contributed by atoms with Gasteiger partial charge in [-0.15, -0.1) is 0 Å². The Kier molecular flexibility index (Phi) is 3.11. The summed E-state index contributed by atoms with van der Waals surface area (Å²) in [7, 11) is 1.81. The van der Waals surface area contributed by atoms with E-state index in [2.05, 4.69) is 26.8 Å². The van der Waals surface area contributed by atoms with Gasteiger partial charge in [-0.25, -0.2) is 15.0 Å². The topological polar surface area (TPSA) is 103 Å². The molecule has 0 unspecified atom stereocenters. The van der Waals surface area contributed by atoms with Crippen molar-refractivity contribution in [3.05, 3.63) is 24.2 Å². The SMILES string of the molecule is Cn1c(-c2ccco2)nc2c(N)nc(C#CC(C)(C)O)nc21. The quantitative estimate of drug-likeness (QED) is 0.657. The molecule has 0 amide bonds. The molecule has 3 aromatic heterocycles. The molecular formula is C15H15N5O2. The average molecular weight is 297 g/mol. The van der Waals surface area contributed by atoms with Crippen molar-refractivity contribution >= 4 is 17.0 Å². The molecule has 0 fully saturated rings. The Morgan fingerprint density at radius 1 is 1.32 bits per heavy atom. The second kappa shape index (κ2) is 4.86. The summed E-state index contributed by atoms with van der Waals surface area (Å²) in [6, 6.07) is 3.59. The highest BCUT2D eigenvalue weighted by molar-refractivity contribution is 5.85. The summed E-state index contributed by atoms with van der Waals surface area (Å²) in [5.74, 6) is 7.07. The van der Waals surface area contributed by atoms with Crippen molar-refractivity contribution in [2.45, 2.75) is 19.4 Å². The molecule has 0 aromatic carbocycles. The molecule has 0 aliphatic carbocycles. The minimum absolute atomic E-state index is 0.235. The Balaban J connectivity index is 2.18. The zero-order valence-electron chi connectivity index (χ0n) is 12.5. The summed E-state index contributed by atoms with van der Waals surface area (Å²) in [5, 5.41) is 9.65. The largest absolute Gasteiger partial charge is 0.461 e. The van der Waals surface area contributed by atoms with Crippen molar-refractivity contribution in [3.63, 3.8) is 0 Å². The van der Waals surface area contributed by atoms with Gasteiger partial charge in [0, 0.05) is 7.05 Å². The van der Waals surface area contributed by atoms with Gasteiger partial charge in [-0.3, -0.25) is 0 Å². The van der Waals surface area contributed by atoms with Gasteiger partial charge in [-0.2, -0.15) is 0 Å². The molecule has 0 radical (unpaired) electrons. The van der Waals surface area contributed by atoms with Crippen LogP contribution in [0.1, 0.15) is 19.7 Å². The maximum atomic E-state index is 9.65. The number of rotatable bonds is 1. The van der Waals surface area contributed by atoms with Gasteiger partial charge in [0.25, 0.3) is 0 Å². The van der Waals surface area contributed by atoms with Crippen molar-refractivity contribution < 1.29 is 9.52 Å². The molecule has 0 aliphatic rings. The van der Waals surface area contributed by atoms with E-state index in [0.29, 0.717) is 22.7 Å². The van der Waals surface area contributed by atoms with Gasteiger partial charge in [0.2, 0.25) is 5.82 Å². The van der Waals surface area contributed by atoms with Crippen LogP contribution in [0.15, 0.2) is 22.8 Å². The fourth-order valence-corrected chi connectivity index (χ4v) is 1.97. The van der Waals surface area contributed by atoms with Crippen LogP contribution in [0.5, 0.6) is 0 Å². The molecule has 112 valence electrons. The molecule has 0 aliphatic heterocycles. The number of hydrogen-bond donors (Lipinski definition) is 2. The van der Waals surface area contributed by atoms with E-state index in [1.165, 1.54) is 0 Å². The lowest BCUT2D eigenvalue weighted by molar-refractivity contribution is 0.143.